The van der Waals surface area contributed by atoms with Crippen LogP contribution in [0.4, 0.5) is 5.95 Å². The summed E-state index contributed by atoms with van der Waals surface area (Å²) in [7, 11) is 0. The molecular weight excluding hydrogens is 242 g/mol. The second-order valence-electron chi connectivity index (χ2n) is 5.06. The van der Waals surface area contributed by atoms with Crippen LogP contribution in [0.15, 0.2) is 23.0 Å². The Morgan fingerprint density at radius 1 is 1.44 bits per heavy atom. The number of hydrogen-bond acceptors (Lipinski definition) is 3. The van der Waals surface area contributed by atoms with Crippen molar-refractivity contribution in [2.75, 3.05) is 11.9 Å². The Hall–Kier alpha value is -1.29. The summed E-state index contributed by atoms with van der Waals surface area (Å²) in [6, 6.07) is 2.19. The van der Waals surface area contributed by atoms with E-state index in [1.165, 1.54) is 5.56 Å². The highest BCUT2D eigenvalue weighted by Crippen LogP contribution is 2.13. The van der Waals surface area contributed by atoms with E-state index in [9.17, 15) is 0 Å². The fourth-order valence-corrected chi connectivity index (χ4v) is 2.54. The van der Waals surface area contributed by atoms with Crippen molar-refractivity contribution in [2.45, 2.75) is 33.7 Å². The Labute approximate surface area is 113 Å². The molecule has 0 saturated heterocycles. The molecule has 3 nitrogen and oxygen atoms in total. The van der Waals surface area contributed by atoms with Crippen LogP contribution in [0.5, 0.6) is 0 Å². The van der Waals surface area contributed by atoms with Crippen LogP contribution in [0.3, 0.4) is 0 Å². The molecule has 2 aromatic rings. The maximum absolute atomic E-state index is 4.54. The van der Waals surface area contributed by atoms with Gasteiger partial charge in [0.05, 0.1) is 5.69 Å². The van der Waals surface area contributed by atoms with E-state index in [1.54, 1.807) is 11.3 Å². The van der Waals surface area contributed by atoms with Crippen molar-refractivity contribution < 1.29 is 0 Å². The van der Waals surface area contributed by atoms with Crippen LogP contribution >= 0.6 is 11.3 Å². The zero-order valence-electron chi connectivity index (χ0n) is 11.3. The van der Waals surface area contributed by atoms with E-state index in [-0.39, 0.29) is 0 Å². The first-order valence-electron chi connectivity index (χ1n) is 6.44. The van der Waals surface area contributed by atoms with Gasteiger partial charge < -0.3 is 9.88 Å². The van der Waals surface area contributed by atoms with Crippen LogP contribution in [-0.2, 0) is 13.0 Å². The predicted octanol–water partition coefficient (Wildman–Crippen LogP) is 3.56. The first-order valence-corrected chi connectivity index (χ1v) is 7.38. The molecule has 0 radical (unpaired) electrons. The third-order valence-electron chi connectivity index (χ3n) is 2.79. The summed E-state index contributed by atoms with van der Waals surface area (Å²) < 4.78 is 2.22. The molecule has 2 heterocycles. The van der Waals surface area contributed by atoms with E-state index in [0.29, 0.717) is 5.92 Å². The molecular formula is C14H21N3S. The lowest BCUT2D eigenvalue weighted by Gasteiger charge is -2.10. The second-order valence-corrected chi connectivity index (χ2v) is 5.84. The van der Waals surface area contributed by atoms with Crippen LogP contribution in [0.25, 0.3) is 0 Å². The number of nitrogens with one attached hydrogen (secondary N) is 1. The van der Waals surface area contributed by atoms with E-state index >= 15 is 0 Å². The lowest BCUT2D eigenvalue weighted by molar-refractivity contribution is 0.661. The largest absolute Gasteiger partial charge is 0.355 e. The maximum atomic E-state index is 4.54. The second kappa shape index (κ2) is 6.05. The first kappa shape index (κ1) is 13.1. The van der Waals surface area contributed by atoms with Gasteiger partial charge in [0, 0.05) is 19.3 Å². The SMILES string of the molecule is Cc1cn(CCc2ccsc2)c(NCC(C)C)n1. The summed E-state index contributed by atoms with van der Waals surface area (Å²) in [5.74, 6) is 1.63. The van der Waals surface area contributed by atoms with Gasteiger partial charge >= 0.3 is 0 Å². The van der Waals surface area contributed by atoms with E-state index in [0.717, 1.165) is 31.2 Å². The number of aryl methyl sites for hydroxylation is 3. The number of thiophene rings is 1. The van der Waals surface area contributed by atoms with E-state index in [2.05, 4.69) is 51.7 Å². The van der Waals surface area contributed by atoms with Crippen LogP contribution in [0, 0.1) is 12.8 Å². The average molecular weight is 263 g/mol. The van der Waals surface area contributed by atoms with Crippen molar-refractivity contribution in [3.63, 3.8) is 0 Å². The van der Waals surface area contributed by atoms with Gasteiger partial charge in [-0.3, -0.25) is 0 Å². The summed E-state index contributed by atoms with van der Waals surface area (Å²) in [5, 5.41) is 7.76. The molecule has 0 saturated carbocycles. The normalized spacial score (nSPS) is 11.1. The molecule has 0 unspecified atom stereocenters. The van der Waals surface area contributed by atoms with Crippen LogP contribution < -0.4 is 5.32 Å². The lowest BCUT2D eigenvalue weighted by atomic mass is 10.2. The summed E-state index contributed by atoms with van der Waals surface area (Å²) in [6.45, 7) is 8.41. The quantitative estimate of drug-likeness (QED) is 0.863. The van der Waals surface area contributed by atoms with Gasteiger partial charge in [-0.2, -0.15) is 11.3 Å². The topological polar surface area (TPSA) is 29.9 Å². The van der Waals surface area contributed by atoms with Gasteiger partial charge in [-0.1, -0.05) is 13.8 Å². The molecule has 0 aromatic carbocycles. The van der Waals surface area contributed by atoms with Crippen molar-refractivity contribution in [1.82, 2.24) is 9.55 Å². The van der Waals surface area contributed by atoms with Crippen molar-refractivity contribution in [1.29, 1.82) is 0 Å². The van der Waals surface area contributed by atoms with Gasteiger partial charge in [-0.25, -0.2) is 4.98 Å². The maximum Gasteiger partial charge on any atom is 0.203 e. The molecule has 2 aromatic heterocycles. The molecule has 0 atom stereocenters. The van der Waals surface area contributed by atoms with Gasteiger partial charge in [-0.15, -0.1) is 0 Å². The molecule has 1 N–H and O–H groups in total. The molecule has 0 bridgehead atoms. The number of aromatic nitrogens is 2. The third-order valence-corrected chi connectivity index (χ3v) is 3.52. The van der Waals surface area contributed by atoms with Crippen molar-refractivity contribution in [3.8, 4) is 0 Å². The molecule has 0 fully saturated rings. The van der Waals surface area contributed by atoms with Gasteiger partial charge in [0.25, 0.3) is 0 Å². The van der Waals surface area contributed by atoms with E-state index in [1.807, 2.05) is 6.92 Å². The lowest BCUT2D eigenvalue weighted by Crippen LogP contribution is -2.13. The van der Waals surface area contributed by atoms with Crippen LogP contribution in [0.2, 0.25) is 0 Å². The Kier molecular flexibility index (Phi) is 4.42. The molecule has 0 spiro atoms. The average Bonchev–Trinajstić information content (AvgIpc) is 2.92. The number of imidazole rings is 1. The highest BCUT2D eigenvalue weighted by atomic mass is 32.1. The number of hydrogen-bond donors (Lipinski definition) is 1. The highest BCUT2D eigenvalue weighted by Gasteiger charge is 2.06. The molecule has 4 heteroatoms. The Morgan fingerprint density at radius 2 is 2.28 bits per heavy atom. The van der Waals surface area contributed by atoms with Crippen molar-refractivity contribution in [3.05, 3.63) is 34.3 Å². The van der Waals surface area contributed by atoms with Crippen molar-refractivity contribution in [2.24, 2.45) is 5.92 Å². The summed E-state index contributed by atoms with van der Waals surface area (Å²) >= 11 is 1.76. The number of anilines is 1. The predicted molar refractivity (Wildman–Crippen MR) is 78.3 cm³/mol. The molecule has 2 rings (SSSR count). The minimum atomic E-state index is 0.632. The smallest absolute Gasteiger partial charge is 0.203 e. The third kappa shape index (κ3) is 3.60. The van der Waals surface area contributed by atoms with Gasteiger partial charge in [0.2, 0.25) is 5.95 Å². The first-order chi connectivity index (χ1) is 8.65. The summed E-state index contributed by atoms with van der Waals surface area (Å²) in [5.41, 5.74) is 2.48. The van der Waals surface area contributed by atoms with Gasteiger partial charge in [0.1, 0.15) is 0 Å². The van der Waals surface area contributed by atoms with Crippen molar-refractivity contribution >= 4 is 17.3 Å². The Morgan fingerprint density at radius 3 is 2.94 bits per heavy atom. The summed E-state index contributed by atoms with van der Waals surface area (Å²) in [6.07, 6.45) is 3.19. The zero-order valence-corrected chi connectivity index (χ0v) is 12.1. The standard InChI is InChI=1S/C14H21N3S/c1-11(2)8-15-14-16-12(3)9-17(14)6-4-13-5-7-18-10-13/h5,7,9-11H,4,6,8H2,1-3H3,(H,15,16). The van der Waals surface area contributed by atoms with E-state index < -0.39 is 0 Å². The summed E-state index contributed by atoms with van der Waals surface area (Å²) in [4.78, 5) is 4.54. The van der Waals surface area contributed by atoms with Crippen LogP contribution in [0.1, 0.15) is 25.1 Å². The van der Waals surface area contributed by atoms with E-state index in [4.69, 9.17) is 0 Å². The Bertz CT molecular complexity index is 471. The zero-order chi connectivity index (χ0) is 13.0. The molecule has 98 valence electrons. The molecule has 0 aliphatic heterocycles. The molecule has 0 amide bonds. The Balaban J connectivity index is 1.98. The fourth-order valence-electron chi connectivity index (χ4n) is 1.84. The van der Waals surface area contributed by atoms with Crippen LogP contribution in [-0.4, -0.2) is 16.1 Å². The molecule has 0 aliphatic carbocycles. The molecule has 0 aliphatic rings. The molecule has 18 heavy (non-hydrogen) atoms. The monoisotopic (exact) mass is 263 g/mol. The minimum Gasteiger partial charge on any atom is -0.355 e. The highest BCUT2D eigenvalue weighted by molar-refractivity contribution is 7.07. The van der Waals surface area contributed by atoms with Gasteiger partial charge in [0.15, 0.2) is 0 Å². The number of nitrogens with zero attached hydrogens (tertiary/aromatic N) is 2. The minimum absolute atomic E-state index is 0.632. The fraction of sp³-hybridized carbons (Fsp3) is 0.500. The number of rotatable bonds is 6. The van der Waals surface area contributed by atoms with Gasteiger partial charge in [-0.05, 0) is 41.7 Å².